The third-order valence-electron chi connectivity index (χ3n) is 3.71. The van der Waals surface area contributed by atoms with E-state index in [9.17, 15) is 9.90 Å². The normalized spacial score (nSPS) is 11.0. The van der Waals surface area contributed by atoms with Crippen molar-refractivity contribution in [3.05, 3.63) is 36.2 Å². The number of aryl methyl sites for hydroxylation is 1. The van der Waals surface area contributed by atoms with Crippen molar-refractivity contribution in [2.24, 2.45) is 7.05 Å². The molecular formula is C17H18N4O2S. The van der Waals surface area contributed by atoms with Crippen molar-refractivity contribution >= 4 is 34.4 Å². The van der Waals surface area contributed by atoms with Crippen molar-refractivity contribution in [1.82, 2.24) is 14.5 Å². The minimum absolute atomic E-state index is 0.0352. The van der Waals surface area contributed by atoms with E-state index in [0.29, 0.717) is 5.82 Å². The van der Waals surface area contributed by atoms with Crippen LogP contribution in [0.1, 0.15) is 12.5 Å². The van der Waals surface area contributed by atoms with Gasteiger partial charge >= 0.3 is 0 Å². The summed E-state index contributed by atoms with van der Waals surface area (Å²) in [5.74, 6) is 0.343. The van der Waals surface area contributed by atoms with Crippen molar-refractivity contribution < 1.29 is 9.90 Å². The quantitative estimate of drug-likeness (QED) is 0.713. The number of pyridine rings is 2. The lowest BCUT2D eigenvalue weighted by molar-refractivity contribution is -0.114. The average Bonchev–Trinajstić information content (AvgIpc) is 2.90. The van der Waals surface area contributed by atoms with Crippen LogP contribution >= 0.6 is 11.8 Å². The van der Waals surface area contributed by atoms with Gasteiger partial charge in [0.2, 0.25) is 5.91 Å². The van der Waals surface area contributed by atoms with Gasteiger partial charge in [0.05, 0.1) is 29.0 Å². The van der Waals surface area contributed by atoms with Crippen LogP contribution in [0.5, 0.6) is 0 Å². The van der Waals surface area contributed by atoms with E-state index in [0.717, 1.165) is 32.7 Å². The van der Waals surface area contributed by atoms with Crippen LogP contribution < -0.4 is 5.32 Å². The molecule has 0 bridgehead atoms. The number of anilines is 1. The third-order valence-corrected chi connectivity index (χ3v) is 4.34. The van der Waals surface area contributed by atoms with Crippen LogP contribution in [0.3, 0.4) is 0 Å². The number of thioether (sulfide) groups is 1. The number of nitrogens with zero attached hydrogens (tertiary/aromatic N) is 3. The number of hydrogen-bond acceptors (Lipinski definition) is 5. The smallest absolute Gasteiger partial charge is 0.222 e. The molecule has 0 saturated carbocycles. The van der Waals surface area contributed by atoms with E-state index in [-0.39, 0.29) is 12.5 Å². The first-order valence-electron chi connectivity index (χ1n) is 7.40. The molecule has 2 N–H and O–H groups in total. The summed E-state index contributed by atoms with van der Waals surface area (Å²) in [7, 11) is 1.94. The van der Waals surface area contributed by atoms with Gasteiger partial charge in [-0.05, 0) is 30.0 Å². The highest BCUT2D eigenvalue weighted by Crippen LogP contribution is 2.32. The molecule has 0 spiro atoms. The van der Waals surface area contributed by atoms with E-state index in [2.05, 4.69) is 15.3 Å². The van der Waals surface area contributed by atoms with Crippen LogP contribution in [0.15, 0.2) is 35.6 Å². The monoisotopic (exact) mass is 342 g/mol. The van der Waals surface area contributed by atoms with Crippen molar-refractivity contribution in [3.8, 4) is 11.3 Å². The third kappa shape index (κ3) is 3.13. The zero-order valence-electron chi connectivity index (χ0n) is 13.7. The summed E-state index contributed by atoms with van der Waals surface area (Å²) in [6.45, 7) is 1.42. The van der Waals surface area contributed by atoms with Gasteiger partial charge in [0.25, 0.3) is 0 Å². The highest BCUT2D eigenvalue weighted by atomic mass is 32.2. The summed E-state index contributed by atoms with van der Waals surface area (Å²) in [6, 6.07) is 5.61. The zero-order valence-corrected chi connectivity index (χ0v) is 14.5. The minimum Gasteiger partial charge on any atom is -0.392 e. The van der Waals surface area contributed by atoms with Crippen molar-refractivity contribution in [3.63, 3.8) is 0 Å². The van der Waals surface area contributed by atoms with Gasteiger partial charge in [0.1, 0.15) is 5.82 Å². The van der Waals surface area contributed by atoms with E-state index >= 15 is 0 Å². The molecule has 3 heterocycles. The minimum atomic E-state index is -0.163. The molecule has 3 rings (SSSR count). The molecule has 24 heavy (non-hydrogen) atoms. The topological polar surface area (TPSA) is 80.0 Å². The van der Waals surface area contributed by atoms with Crippen LogP contribution in [0, 0.1) is 0 Å². The molecule has 0 atom stereocenters. The molecular weight excluding hydrogens is 324 g/mol. The summed E-state index contributed by atoms with van der Waals surface area (Å²) < 4.78 is 1.97. The van der Waals surface area contributed by atoms with Crippen LogP contribution in [-0.4, -0.2) is 31.8 Å². The predicted octanol–water partition coefficient (Wildman–Crippen LogP) is 2.81. The van der Waals surface area contributed by atoms with E-state index in [1.165, 1.54) is 18.7 Å². The van der Waals surface area contributed by atoms with Gasteiger partial charge in [-0.1, -0.05) is 0 Å². The highest BCUT2D eigenvalue weighted by molar-refractivity contribution is 7.98. The predicted molar refractivity (Wildman–Crippen MR) is 96.0 cm³/mol. The molecule has 3 aromatic rings. The van der Waals surface area contributed by atoms with Gasteiger partial charge in [-0.3, -0.25) is 4.79 Å². The molecule has 0 aliphatic rings. The molecule has 1 amide bonds. The Hall–Kier alpha value is -2.38. The lowest BCUT2D eigenvalue weighted by atomic mass is 10.1. The van der Waals surface area contributed by atoms with Gasteiger partial charge in [-0.2, -0.15) is 0 Å². The first-order valence-corrected chi connectivity index (χ1v) is 8.63. The number of nitrogens with one attached hydrogen (secondary N) is 1. The number of carbonyl (C=O) groups is 1. The molecule has 0 fully saturated rings. The molecule has 0 aromatic carbocycles. The van der Waals surface area contributed by atoms with Crippen molar-refractivity contribution in [1.29, 1.82) is 0 Å². The molecule has 0 saturated heterocycles. The van der Waals surface area contributed by atoms with Gasteiger partial charge in [-0.15, -0.1) is 11.8 Å². The summed E-state index contributed by atoms with van der Waals surface area (Å²) in [4.78, 5) is 20.2. The Labute approximate surface area is 143 Å². The van der Waals surface area contributed by atoms with Crippen LogP contribution in [0.25, 0.3) is 22.2 Å². The number of aliphatic hydroxyl groups is 1. The Morgan fingerprint density at radius 3 is 2.83 bits per heavy atom. The molecule has 7 heteroatoms. The van der Waals surface area contributed by atoms with E-state index < -0.39 is 0 Å². The van der Waals surface area contributed by atoms with Gasteiger partial charge in [0.15, 0.2) is 0 Å². The maximum atomic E-state index is 11.3. The number of carbonyl (C=O) groups excluding carboxylic acids is 1. The molecule has 0 aliphatic carbocycles. The number of amides is 1. The molecule has 3 aromatic heterocycles. The lowest BCUT2D eigenvalue weighted by Gasteiger charge is -2.06. The number of rotatable bonds is 4. The standard InChI is InChI=1S/C17H18N4O2S/c1-10(23)19-16-6-12-13(8-21(2)15(12)7-18-16)14-4-11(9-22)5-17(20-14)24-3/h4-8,22H,9H2,1-3H3,(H,18,19,23). The van der Waals surface area contributed by atoms with Crippen molar-refractivity contribution in [2.75, 3.05) is 11.6 Å². The maximum absolute atomic E-state index is 11.3. The first-order chi connectivity index (χ1) is 11.5. The Bertz CT molecular complexity index is 898. The summed E-state index contributed by atoms with van der Waals surface area (Å²) in [5, 5.41) is 14.0. The Balaban J connectivity index is 2.20. The summed E-state index contributed by atoms with van der Waals surface area (Å²) in [5.41, 5.74) is 3.49. The van der Waals surface area contributed by atoms with Crippen LogP contribution in [0.4, 0.5) is 5.82 Å². The number of fused-ring (bicyclic) bond motifs is 1. The second-order valence-corrected chi connectivity index (χ2v) is 6.31. The Morgan fingerprint density at radius 2 is 2.17 bits per heavy atom. The van der Waals surface area contributed by atoms with Crippen LogP contribution in [-0.2, 0) is 18.4 Å². The first kappa shape index (κ1) is 16.5. The second kappa shape index (κ2) is 6.62. The van der Waals surface area contributed by atoms with E-state index in [4.69, 9.17) is 0 Å². The molecule has 0 aliphatic heterocycles. The van der Waals surface area contributed by atoms with Gasteiger partial charge in [-0.25, -0.2) is 9.97 Å². The van der Waals surface area contributed by atoms with Gasteiger partial charge in [0, 0.05) is 31.1 Å². The highest BCUT2D eigenvalue weighted by Gasteiger charge is 2.13. The fourth-order valence-electron chi connectivity index (χ4n) is 2.62. The van der Waals surface area contributed by atoms with E-state index in [1.54, 1.807) is 6.20 Å². The Morgan fingerprint density at radius 1 is 1.38 bits per heavy atom. The Kier molecular flexibility index (Phi) is 4.55. The maximum Gasteiger partial charge on any atom is 0.222 e. The SMILES string of the molecule is CSc1cc(CO)cc(-c2cn(C)c3cnc(NC(C)=O)cc23)n1. The molecule has 0 unspecified atom stereocenters. The number of aliphatic hydroxyl groups excluding tert-OH is 1. The second-order valence-electron chi connectivity index (χ2n) is 5.48. The molecule has 6 nitrogen and oxygen atoms in total. The van der Waals surface area contributed by atoms with Gasteiger partial charge < -0.3 is 15.0 Å². The zero-order chi connectivity index (χ0) is 17.3. The summed E-state index contributed by atoms with van der Waals surface area (Å²) >= 11 is 1.53. The number of aromatic nitrogens is 3. The van der Waals surface area contributed by atoms with Crippen LogP contribution in [0.2, 0.25) is 0 Å². The lowest BCUT2D eigenvalue weighted by Crippen LogP contribution is -2.07. The number of hydrogen-bond donors (Lipinski definition) is 2. The summed E-state index contributed by atoms with van der Waals surface area (Å²) in [6.07, 6.45) is 5.67. The average molecular weight is 342 g/mol. The fourth-order valence-corrected chi connectivity index (χ4v) is 3.08. The molecule has 124 valence electrons. The largest absolute Gasteiger partial charge is 0.392 e. The fraction of sp³-hybridized carbons (Fsp3) is 0.235. The van der Waals surface area contributed by atoms with Crippen molar-refractivity contribution in [2.45, 2.75) is 18.6 Å². The van der Waals surface area contributed by atoms with E-state index in [1.807, 2.05) is 42.3 Å². The molecule has 0 radical (unpaired) electrons.